The van der Waals surface area contributed by atoms with Gasteiger partial charge in [-0.3, -0.25) is 9.52 Å². The molecule has 3 aromatic rings. The number of Topliss-reactive ketones (excluding diaryl/α,β-unsaturated/α-hetero) is 1. The number of nitrogens with one attached hydrogen (secondary N) is 2. The molecule has 0 unspecified atom stereocenters. The van der Waals surface area contributed by atoms with Gasteiger partial charge in [0.05, 0.1) is 4.90 Å². The molecular weight excluding hydrogens is 348 g/mol. The summed E-state index contributed by atoms with van der Waals surface area (Å²) >= 11 is 0. The molecule has 0 fully saturated rings. The molecule has 0 aliphatic carbocycles. The lowest BCUT2D eigenvalue weighted by Crippen LogP contribution is -2.12. The molecule has 26 heavy (non-hydrogen) atoms. The van der Waals surface area contributed by atoms with Crippen molar-refractivity contribution in [2.45, 2.75) is 11.8 Å². The van der Waals surface area contributed by atoms with Gasteiger partial charge in [0.1, 0.15) is 0 Å². The van der Waals surface area contributed by atoms with Crippen LogP contribution >= 0.6 is 0 Å². The predicted octanol–water partition coefficient (Wildman–Crippen LogP) is 4.43. The van der Waals surface area contributed by atoms with Gasteiger partial charge >= 0.3 is 0 Å². The van der Waals surface area contributed by atoms with Crippen LogP contribution in [0.5, 0.6) is 0 Å². The van der Waals surface area contributed by atoms with Gasteiger partial charge in [0.25, 0.3) is 10.0 Å². The van der Waals surface area contributed by atoms with Crippen LogP contribution in [0.3, 0.4) is 0 Å². The Morgan fingerprint density at radius 1 is 0.769 bits per heavy atom. The van der Waals surface area contributed by atoms with Crippen LogP contribution in [0.4, 0.5) is 17.1 Å². The van der Waals surface area contributed by atoms with Crippen LogP contribution in [0.1, 0.15) is 17.3 Å². The van der Waals surface area contributed by atoms with E-state index in [9.17, 15) is 13.2 Å². The molecular formula is C20H18N2O3S. The van der Waals surface area contributed by atoms with Gasteiger partial charge < -0.3 is 5.32 Å². The average molecular weight is 366 g/mol. The molecule has 0 saturated heterocycles. The number of anilines is 3. The van der Waals surface area contributed by atoms with E-state index in [0.29, 0.717) is 11.3 Å². The highest BCUT2D eigenvalue weighted by atomic mass is 32.2. The van der Waals surface area contributed by atoms with Crippen molar-refractivity contribution in [2.75, 3.05) is 10.0 Å². The molecule has 3 aromatic carbocycles. The highest BCUT2D eigenvalue weighted by Gasteiger charge is 2.13. The molecule has 0 heterocycles. The van der Waals surface area contributed by atoms with Gasteiger partial charge in [-0.05, 0) is 55.5 Å². The Morgan fingerprint density at radius 2 is 1.42 bits per heavy atom. The van der Waals surface area contributed by atoms with E-state index in [2.05, 4.69) is 10.0 Å². The minimum atomic E-state index is -3.61. The zero-order valence-corrected chi connectivity index (χ0v) is 15.0. The van der Waals surface area contributed by atoms with Crippen LogP contribution in [-0.4, -0.2) is 14.2 Å². The molecule has 3 rings (SSSR count). The molecule has 0 aromatic heterocycles. The Bertz CT molecular complexity index is 1010. The first kappa shape index (κ1) is 17.7. The van der Waals surface area contributed by atoms with Crippen LogP contribution in [0, 0.1) is 0 Å². The largest absolute Gasteiger partial charge is 0.356 e. The van der Waals surface area contributed by atoms with Gasteiger partial charge in [0, 0.05) is 22.6 Å². The molecule has 2 N–H and O–H groups in total. The van der Waals surface area contributed by atoms with Crippen molar-refractivity contribution in [1.82, 2.24) is 0 Å². The van der Waals surface area contributed by atoms with E-state index in [1.54, 1.807) is 72.8 Å². The van der Waals surface area contributed by atoms with Gasteiger partial charge in [-0.1, -0.05) is 30.3 Å². The minimum absolute atomic E-state index is 0.000633. The van der Waals surface area contributed by atoms with Crippen LogP contribution in [-0.2, 0) is 10.0 Å². The molecule has 0 radical (unpaired) electrons. The van der Waals surface area contributed by atoms with Crippen molar-refractivity contribution in [3.05, 3.63) is 84.4 Å². The number of sulfonamides is 1. The molecule has 0 atom stereocenters. The second-order valence-electron chi connectivity index (χ2n) is 5.76. The standard InChI is InChI=1S/C20H18N2O3S/c1-15(23)16-6-5-7-19(14-16)21-17-10-12-18(13-11-17)22-26(24,25)20-8-3-2-4-9-20/h2-14,21-22H,1H3. The first-order chi connectivity index (χ1) is 12.4. The van der Waals surface area contributed by atoms with E-state index < -0.39 is 10.0 Å². The van der Waals surface area contributed by atoms with Crippen molar-refractivity contribution >= 4 is 32.9 Å². The third kappa shape index (κ3) is 4.29. The summed E-state index contributed by atoms with van der Waals surface area (Å²) in [6.45, 7) is 1.52. The Hall–Kier alpha value is -3.12. The van der Waals surface area contributed by atoms with Crippen LogP contribution < -0.4 is 10.0 Å². The lowest BCUT2D eigenvalue weighted by molar-refractivity contribution is 0.101. The monoisotopic (exact) mass is 366 g/mol. The Balaban J connectivity index is 1.73. The second kappa shape index (κ2) is 7.41. The molecule has 0 saturated carbocycles. The summed E-state index contributed by atoms with van der Waals surface area (Å²) in [5.74, 6) is -0.000633. The number of hydrogen-bond acceptors (Lipinski definition) is 4. The third-order valence-electron chi connectivity index (χ3n) is 3.75. The van der Waals surface area contributed by atoms with Gasteiger partial charge in [0.15, 0.2) is 5.78 Å². The van der Waals surface area contributed by atoms with Crippen molar-refractivity contribution in [2.24, 2.45) is 0 Å². The fraction of sp³-hybridized carbons (Fsp3) is 0.0500. The van der Waals surface area contributed by atoms with Crippen LogP contribution in [0.15, 0.2) is 83.8 Å². The molecule has 0 aliphatic heterocycles. The summed E-state index contributed by atoms with van der Waals surface area (Å²) in [5.41, 5.74) is 2.67. The number of rotatable bonds is 6. The number of carbonyl (C=O) groups excluding carboxylic acids is 1. The van der Waals surface area contributed by atoms with E-state index in [1.165, 1.54) is 6.92 Å². The molecule has 0 spiro atoms. The number of benzene rings is 3. The van der Waals surface area contributed by atoms with Gasteiger partial charge in [0.2, 0.25) is 0 Å². The zero-order chi connectivity index (χ0) is 18.6. The van der Waals surface area contributed by atoms with E-state index >= 15 is 0 Å². The normalized spacial score (nSPS) is 11.0. The lowest BCUT2D eigenvalue weighted by atomic mass is 10.1. The highest BCUT2D eigenvalue weighted by molar-refractivity contribution is 7.92. The smallest absolute Gasteiger partial charge is 0.261 e. The summed E-state index contributed by atoms with van der Waals surface area (Å²) in [6.07, 6.45) is 0. The van der Waals surface area contributed by atoms with Gasteiger partial charge in [-0.25, -0.2) is 8.42 Å². The summed E-state index contributed by atoms with van der Waals surface area (Å²) in [7, 11) is -3.61. The highest BCUT2D eigenvalue weighted by Crippen LogP contribution is 2.22. The fourth-order valence-electron chi connectivity index (χ4n) is 2.42. The predicted molar refractivity (Wildman–Crippen MR) is 103 cm³/mol. The number of hydrogen-bond donors (Lipinski definition) is 2. The van der Waals surface area contributed by atoms with Crippen LogP contribution in [0.25, 0.3) is 0 Å². The van der Waals surface area contributed by atoms with Gasteiger partial charge in [-0.15, -0.1) is 0 Å². The summed E-state index contributed by atoms with van der Waals surface area (Å²) < 4.78 is 27.2. The first-order valence-corrected chi connectivity index (χ1v) is 9.48. The fourth-order valence-corrected chi connectivity index (χ4v) is 3.50. The van der Waals surface area contributed by atoms with Crippen molar-refractivity contribution in [3.63, 3.8) is 0 Å². The zero-order valence-electron chi connectivity index (χ0n) is 14.1. The van der Waals surface area contributed by atoms with Crippen molar-refractivity contribution in [1.29, 1.82) is 0 Å². The van der Waals surface area contributed by atoms with E-state index in [-0.39, 0.29) is 10.7 Å². The molecule has 0 bridgehead atoms. The van der Waals surface area contributed by atoms with E-state index in [4.69, 9.17) is 0 Å². The van der Waals surface area contributed by atoms with E-state index in [0.717, 1.165) is 11.4 Å². The number of ketones is 1. The van der Waals surface area contributed by atoms with Crippen molar-refractivity contribution in [3.8, 4) is 0 Å². The maximum atomic E-state index is 12.3. The second-order valence-corrected chi connectivity index (χ2v) is 7.44. The average Bonchev–Trinajstić information content (AvgIpc) is 2.64. The molecule has 6 heteroatoms. The molecule has 132 valence electrons. The summed E-state index contributed by atoms with van der Waals surface area (Å²) in [5, 5.41) is 3.19. The van der Waals surface area contributed by atoms with E-state index in [1.807, 2.05) is 6.07 Å². The minimum Gasteiger partial charge on any atom is -0.356 e. The molecule has 0 amide bonds. The lowest BCUT2D eigenvalue weighted by Gasteiger charge is -2.10. The summed E-state index contributed by atoms with van der Waals surface area (Å²) in [4.78, 5) is 11.7. The van der Waals surface area contributed by atoms with Crippen molar-refractivity contribution < 1.29 is 13.2 Å². The summed E-state index contributed by atoms with van der Waals surface area (Å²) in [6, 6.07) is 22.3. The van der Waals surface area contributed by atoms with Crippen LogP contribution in [0.2, 0.25) is 0 Å². The third-order valence-corrected chi connectivity index (χ3v) is 5.15. The Morgan fingerprint density at radius 3 is 2.08 bits per heavy atom. The maximum Gasteiger partial charge on any atom is 0.261 e. The Labute approximate surface area is 152 Å². The molecule has 0 aliphatic rings. The Kier molecular flexibility index (Phi) is 5.04. The number of carbonyl (C=O) groups is 1. The molecule has 5 nitrogen and oxygen atoms in total. The van der Waals surface area contributed by atoms with Gasteiger partial charge in [-0.2, -0.15) is 0 Å². The quantitative estimate of drug-likeness (QED) is 0.633. The first-order valence-electron chi connectivity index (χ1n) is 8.00. The topological polar surface area (TPSA) is 75.3 Å². The SMILES string of the molecule is CC(=O)c1cccc(Nc2ccc(NS(=O)(=O)c3ccccc3)cc2)c1. The maximum absolute atomic E-state index is 12.3.